The van der Waals surface area contributed by atoms with Crippen molar-refractivity contribution in [3.8, 4) is 11.3 Å². The Morgan fingerprint density at radius 3 is 2.32 bits per heavy atom. The van der Waals surface area contributed by atoms with Gasteiger partial charge in [0.1, 0.15) is 17.2 Å². The van der Waals surface area contributed by atoms with Crippen LogP contribution in [-0.4, -0.2) is 15.3 Å². The van der Waals surface area contributed by atoms with Crippen molar-refractivity contribution in [1.82, 2.24) is 9.38 Å². The maximum absolute atomic E-state index is 11.3. The molecule has 5 nitrogen and oxygen atoms in total. The summed E-state index contributed by atoms with van der Waals surface area (Å²) >= 11 is 0. The van der Waals surface area contributed by atoms with E-state index in [-0.39, 0.29) is 5.91 Å². The molecule has 140 valence electrons. The third-order valence-corrected chi connectivity index (χ3v) is 4.73. The lowest BCUT2D eigenvalue weighted by Crippen LogP contribution is -2.05. The van der Waals surface area contributed by atoms with Gasteiger partial charge in [-0.25, -0.2) is 4.98 Å². The van der Waals surface area contributed by atoms with Gasteiger partial charge < -0.3 is 10.6 Å². The highest BCUT2D eigenvalue weighted by atomic mass is 16.1. The SMILES string of the molecule is CC(=O)Nc1ccc(-c2nc3ccccn3c2Nc2c(C)cccc2C)cc1. The molecule has 0 aliphatic carbocycles. The van der Waals surface area contributed by atoms with Gasteiger partial charge in [0, 0.05) is 30.1 Å². The van der Waals surface area contributed by atoms with Crippen molar-refractivity contribution in [3.05, 3.63) is 78.0 Å². The van der Waals surface area contributed by atoms with E-state index in [0.29, 0.717) is 0 Å². The van der Waals surface area contributed by atoms with Crippen LogP contribution in [-0.2, 0) is 4.79 Å². The minimum absolute atomic E-state index is 0.0853. The molecular weight excluding hydrogens is 348 g/mol. The van der Waals surface area contributed by atoms with Gasteiger partial charge >= 0.3 is 0 Å². The number of nitrogens with one attached hydrogen (secondary N) is 2. The number of rotatable bonds is 4. The van der Waals surface area contributed by atoms with Gasteiger partial charge in [0.05, 0.1) is 0 Å². The lowest BCUT2D eigenvalue weighted by Gasteiger charge is -2.14. The number of aryl methyl sites for hydroxylation is 2. The van der Waals surface area contributed by atoms with Gasteiger partial charge in [-0.1, -0.05) is 36.4 Å². The fraction of sp³-hybridized carbons (Fsp3) is 0.130. The molecule has 4 rings (SSSR count). The van der Waals surface area contributed by atoms with E-state index in [1.54, 1.807) is 0 Å². The molecule has 0 saturated carbocycles. The second-order valence-electron chi connectivity index (χ2n) is 6.89. The van der Waals surface area contributed by atoms with Crippen LogP contribution in [0.2, 0.25) is 0 Å². The molecule has 5 heteroatoms. The van der Waals surface area contributed by atoms with Gasteiger partial charge in [0.2, 0.25) is 5.91 Å². The molecule has 0 atom stereocenters. The summed E-state index contributed by atoms with van der Waals surface area (Å²) in [6.07, 6.45) is 2.01. The molecule has 0 spiro atoms. The summed E-state index contributed by atoms with van der Waals surface area (Å²) in [5.41, 5.74) is 6.93. The Kier molecular flexibility index (Phi) is 4.57. The average Bonchev–Trinajstić information content (AvgIpc) is 3.03. The van der Waals surface area contributed by atoms with E-state index >= 15 is 0 Å². The highest BCUT2D eigenvalue weighted by Crippen LogP contribution is 2.33. The van der Waals surface area contributed by atoms with Crippen LogP contribution in [0, 0.1) is 13.8 Å². The van der Waals surface area contributed by atoms with Crippen LogP contribution < -0.4 is 10.6 Å². The number of aromatic nitrogens is 2. The van der Waals surface area contributed by atoms with Gasteiger partial charge in [0.15, 0.2) is 0 Å². The highest BCUT2D eigenvalue weighted by molar-refractivity contribution is 5.89. The topological polar surface area (TPSA) is 58.4 Å². The highest BCUT2D eigenvalue weighted by Gasteiger charge is 2.16. The first-order valence-electron chi connectivity index (χ1n) is 9.21. The quantitative estimate of drug-likeness (QED) is 0.511. The van der Waals surface area contributed by atoms with Crippen molar-refractivity contribution in [3.63, 3.8) is 0 Å². The Morgan fingerprint density at radius 2 is 1.64 bits per heavy atom. The molecule has 0 aliphatic rings. The lowest BCUT2D eigenvalue weighted by atomic mass is 10.1. The maximum atomic E-state index is 11.3. The first kappa shape index (κ1) is 17.8. The van der Waals surface area contributed by atoms with E-state index < -0.39 is 0 Å². The minimum Gasteiger partial charge on any atom is -0.339 e. The number of nitrogens with zero attached hydrogens (tertiary/aromatic N) is 2. The van der Waals surface area contributed by atoms with Crippen molar-refractivity contribution in [2.75, 3.05) is 10.6 Å². The van der Waals surface area contributed by atoms with Crippen molar-refractivity contribution in [2.24, 2.45) is 0 Å². The molecule has 1 amide bonds. The van der Waals surface area contributed by atoms with Gasteiger partial charge in [0.25, 0.3) is 0 Å². The summed E-state index contributed by atoms with van der Waals surface area (Å²) in [7, 11) is 0. The van der Waals surface area contributed by atoms with Gasteiger partial charge in [-0.15, -0.1) is 0 Å². The summed E-state index contributed by atoms with van der Waals surface area (Å²) in [5.74, 6) is 0.832. The predicted molar refractivity (Wildman–Crippen MR) is 114 cm³/mol. The first-order valence-corrected chi connectivity index (χ1v) is 9.21. The third kappa shape index (κ3) is 3.34. The standard InChI is InChI=1S/C23H22N4O/c1-15-7-6-8-16(2)21(15)26-23-22(25-20-9-4-5-14-27(20)23)18-10-12-19(13-11-18)24-17(3)28/h4-14,26H,1-3H3,(H,24,28). The van der Waals surface area contributed by atoms with Crippen molar-refractivity contribution >= 4 is 28.7 Å². The summed E-state index contributed by atoms with van der Waals surface area (Å²) in [5, 5.41) is 6.41. The smallest absolute Gasteiger partial charge is 0.221 e. The van der Waals surface area contributed by atoms with Crippen LogP contribution in [0.1, 0.15) is 18.1 Å². The molecule has 2 heterocycles. The Labute approximate surface area is 164 Å². The average molecular weight is 370 g/mol. The fourth-order valence-electron chi connectivity index (χ4n) is 3.36. The lowest BCUT2D eigenvalue weighted by molar-refractivity contribution is -0.114. The number of anilines is 3. The summed E-state index contributed by atoms with van der Waals surface area (Å²) in [6, 6.07) is 20.0. The number of fused-ring (bicyclic) bond motifs is 1. The van der Waals surface area contributed by atoms with Crippen LogP contribution in [0.15, 0.2) is 66.9 Å². The Balaban J connectivity index is 1.83. The number of imidazole rings is 1. The van der Waals surface area contributed by atoms with Crippen LogP contribution in [0.3, 0.4) is 0 Å². The van der Waals surface area contributed by atoms with E-state index in [1.807, 2.05) is 48.7 Å². The fourth-order valence-corrected chi connectivity index (χ4v) is 3.36. The molecule has 28 heavy (non-hydrogen) atoms. The zero-order chi connectivity index (χ0) is 19.7. The molecule has 2 aromatic heterocycles. The van der Waals surface area contributed by atoms with Crippen LogP contribution >= 0.6 is 0 Å². The minimum atomic E-state index is -0.0853. The normalized spacial score (nSPS) is 10.8. The number of carbonyl (C=O) groups excluding carboxylic acids is 1. The second kappa shape index (κ2) is 7.19. The molecule has 0 saturated heterocycles. The number of hydrogen-bond donors (Lipinski definition) is 2. The Hall–Kier alpha value is -3.60. The number of benzene rings is 2. The van der Waals surface area contributed by atoms with E-state index in [0.717, 1.165) is 34.1 Å². The summed E-state index contributed by atoms with van der Waals surface area (Å²) < 4.78 is 2.06. The number of pyridine rings is 1. The van der Waals surface area contributed by atoms with Gasteiger partial charge in [-0.05, 0) is 49.2 Å². The molecule has 0 fully saturated rings. The zero-order valence-corrected chi connectivity index (χ0v) is 16.2. The van der Waals surface area contributed by atoms with Crippen LogP contribution in [0.4, 0.5) is 17.2 Å². The van der Waals surface area contributed by atoms with Gasteiger partial charge in [-0.3, -0.25) is 9.20 Å². The predicted octanol–water partition coefficient (Wildman–Crippen LogP) is 5.32. The summed E-state index contributed by atoms with van der Waals surface area (Å²) in [6.45, 7) is 5.70. The molecule has 0 unspecified atom stereocenters. The zero-order valence-electron chi connectivity index (χ0n) is 16.2. The maximum Gasteiger partial charge on any atom is 0.221 e. The van der Waals surface area contributed by atoms with E-state index in [4.69, 9.17) is 4.98 Å². The van der Waals surface area contributed by atoms with Crippen molar-refractivity contribution in [2.45, 2.75) is 20.8 Å². The van der Waals surface area contributed by atoms with E-state index in [9.17, 15) is 4.79 Å². The Bertz CT molecular complexity index is 1140. The molecule has 2 aromatic carbocycles. The van der Waals surface area contributed by atoms with Crippen molar-refractivity contribution in [1.29, 1.82) is 0 Å². The number of hydrogen-bond acceptors (Lipinski definition) is 3. The first-order chi connectivity index (χ1) is 13.5. The number of para-hydroxylation sites is 1. The van der Waals surface area contributed by atoms with Crippen LogP contribution in [0.5, 0.6) is 0 Å². The van der Waals surface area contributed by atoms with E-state index in [1.165, 1.54) is 18.1 Å². The molecular formula is C23H22N4O. The van der Waals surface area contributed by atoms with Crippen molar-refractivity contribution < 1.29 is 4.79 Å². The molecule has 4 aromatic rings. The largest absolute Gasteiger partial charge is 0.339 e. The number of carbonyl (C=O) groups is 1. The van der Waals surface area contributed by atoms with Crippen LogP contribution in [0.25, 0.3) is 16.9 Å². The second-order valence-corrected chi connectivity index (χ2v) is 6.89. The molecule has 2 N–H and O–H groups in total. The number of amides is 1. The molecule has 0 aliphatic heterocycles. The Morgan fingerprint density at radius 1 is 0.929 bits per heavy atom. The van der Waals surface area contributed by atoms with Gasteiger partial charge in [-0.2, -0.15) is 0 Å². The monoisotopic (exact) mass is 370 g/mol. The third-order valence-electron chi connectivity index (χ3n) is 4.73. The summed E-state index contributed by atoms with van der Waals surface area (Å²) in [4.78, 5) is 16.1. The van der Waals surface area contributed by atoms with E-state index in [2.05, 4.69) is 47.1 Å². The molecule has 0 radical (unpaired) electrons. The molecule has 0 bridgehead atoms.